The van der Waals surface area contributed by atoms with Crippen LogP contribution in [0.4, 0.5) is 0 Å². The standard InChI is InChI=1S/C5H7P.Sc/c1-5-2-3-6-4-5;/h2-4,6H,1H3;. The maximum Gasteiger partial charge on any atom is 0 e. The van der Waals surface area contributed by atoms with Gasteiger partial charge in [0.2, 0.25) is 0 Å². The van der Waals surface area contributed by atoms with Gasteiger partial charge < -0.3 is 0 Å². The molecule has 0 bridgehead atoms. The number of hydrogen-bond donors (Lipinski definition) is 0. The van der Waals surface area contributed by atoms with Gasteiger partial charge >= 0.3 is 0 Å². The molecule has 1 aromatic heterocycles. The van der Waals surface area contributed by atoms with Crippen molar-refractivity contribution in [2.45, 2.75) is 6.92 Å². The molecule has 0 aliphatic carbocycles. The Morgan fingerprint density at radius 2 is 2.29 bits per heavy atom. The molecule has 0 aliphatic rings. The van der Waals surface area contributed by atoms with E-state index in [1.165, 1.54) is 5.56 Å². The van der Waals surface area contributed by atoms with Crippen LogP contribution < -0.4 is 0 Å². The first-order valence-corrected chi connectivity index (χ1v) is 3.14. The molecule has 0 aliphatic heterocycles. The second-order valence-corrected chi connectivity index (χ2v) is 2.34. The van der Waals surface area contributed by atoms with Gasteiger partial charge in [-0.05, 0) is 24.1 Å². The molecule has 1 atom stereocenters. The summed E-state index contributed by atoms with van der Waals surface area (Å²) < 4.78 is 0. The SMILES string of the molecule is Cc1cc[pH]c1.[Sc]. The monoisotopic (exact) mass is 143 g/mol. The normalized spacial score (nSPS) is 8.71. The van der Waals surface area contributed by atoms with Crippen LogP contribution in [-0.2, 0) is 25.8 Å². The average Bonchev–Trinajstić information content (AvgIpc) is 1.86. The van der Waals surface area contributed by atoms with E-state index in [9.17, 15) is 0 Å². The summed E-state index contributed by atoms with van der Waals surface area (Å²) >= 11 is 0. The van der Waals surface area contributed by atoms with Crippen molar-refractivity contribution >= 4 is 8.19 Å². The van der Waals surface area contributed by atoms with E-state index in [-0.39, 0.29) is 25.8 Å². The van der Waals surface area contributed by atoms with E-state index in [4.69, 9.17) is 0 Å². The molecule has 2 heteroatoms. The summed E-state index contributed by atoms with van der Waals surface area (Å²) in [5, 5.41) is 0. The second kappa shape index (κ2) is 3.63. The van der Waals surface area contributed by atoms with Gasteiger partial charge in [-0.1, -0.05) is 6.07 Å². The molecule has 0 aromatic carbocycles. The van der Waals surface area contributed by atoms with Crippen molar-refractivity contribution < 1.29 is 25.8 Å². The Kier molecular flexibility index (Phi) is 3.96. The summed E-state index contributed by atoms with van der Waals surface area (Å²) in [6.07, 6.45) is 0. The van der Waals surface area contributed by atoms with Gasteiger partial charge in [0.25, 0.3) is 0 Å². The minimum absolute atomic E-state index is 0. The van der Waals surface area contributed by atoms with Gasteiger partial charge in [-0.3, -0.25) is 0 Å². The minimum atomic E-state index is 0. The quantitative estimate of drug-likeness (QED) is 0.521. The molecule has 0 saturated heterocycles. The van der Waals surface area contributed by atoms with Crippen LogP contribution in [0.1, 0.15) is 5.56 Å². The van der Waals surface area contributed by atoms with Gasteiger partial charge in [0.1, 0.15) is 0 Å². The fraction of sp³-hybridized carbons (Fsp3) is 0.200. The largest absolute Gasteiger partial charge is 0.140 e. The number of hydrogen-bond acceptors (Lipinski definition) is 0. The molecular weight excluding hydrogens is 136 g/mol. The van der Waals surface area contributed by atoms with E-state index in [2.05, 4.69) is 24.6 Å². The van der Waals surface area contributed by atoms with Gasteiger partial charge in [0, 0.05) is 25.8 Å². The fourth-order valence-electron chi connectivity index (χ4n) is 0.407. The summed E-state index contributed by atoms with van der Waals surface area (Å²) in [5.74, 6) is 4.43. The summed E-state index contributed by atoms with van der Waals surface area (Å²) in [6, 6.07) is 2.15. The summed E-state index contributed by atoms with van der Waals surface area (Å²) in [7, 11) is 0.946. The molecule has 1 heterocycles. The van der Waals surface area contributed by atoms with Crippen molar-refractivity contribution in [2.75, 3.05) is 0 Å². The molecule has 1 rings (SSSR count). The zero-order chi connectivity index (χ0) is 4.41. The molecule has 0 spiro atoms. The summed E-state index contributed by atoms with van der Waals surface area (Å²) in [6.45, 7) is 2.12. The molecule has 7 heavy (non-hydrogen) atoms. The van der Waals surface area contributed by atoms with E-state index in [1.54, 1.807) is 0 Å². The minimum Gasteiger partial charge on any atom is -0.140 e. The van der Waals surface area contributed by atoms with Gasteiger partial charge in [-0.25, -0.2) is 0 Å². The van der Waals surface area contributed by atoms with Crippen LogP contribution in [-0.4, -0.2) is 0 Å². The first-order valence-electron chi connectivity index (χ1n) is 1.99. The molecular formula is C5H7PSc. The number of aryl methyl sites for hydroxylation is 1. The third-order valence-electron chi connectivity index (χ3n) is 0.753. The van der Waals surface area contributed by atoms with Crippen LogP contribution in [0.25, 0.3) is 0 Å². The predicted molar refractivity (Wildman–Crippen MR) is 30.7 cm³/mol. The Morgan fingerprint density at radius 1 is 1.57 bits per heavy atom. The van der Waals surface area contributed by atoms with Crippen molar-refractivity contribution in [3.05, 3.63) is 23.2 Å². The van der Waals surface area contributed by atoms with Crippen LogP contribution in [0.5, 0.6) is 0 Å². The molecule has 0 nitrogen and oxygen atoms in total. The van der Waals surface area contributed by atoms with Crippen LogP contribution in [0.2, 0.25) is 0 Å². The van der Waals surface area contributed by atoms with Crippen molar-refractivity contribution in [3.63, 3.8) is 0 Å². The van der Waals surface area contributed by atoms with E-state index in [0.29, 0.717) is 0 Å². The predicted octanol–water partition coefficient (Wildman–Crippen LogP) is 2.02. The van der Waals surface area contributed by atoms with Gasteiger partial charge in [-0.15, -0.1) is 8.19 Å². The smallest absolute Gasteiger partial charge is 0 e. The molecule has 1 aromatic rings. The van der Waals surface area contributed by atoms with Crippen molar-refractivity contribution in [1.29, 1.82) is 0 Å². The van der Waals surface area contributed by atoms with Crippen LogP contribution >= 0.6 is 8.19 Å². The Labute approximate surface area is 64.2 Å². The molecule has 1 radical (unpaired) electrons. The maximum atomic E-state index is 2.24. The van der Waals surface area contributed by atoms with Crippen LogP contribution in [0, 0.1) is 6.92 Å². The zero-order valence-corrected chi connectivity index (χ0v) is 7.11. The topological polar surface area (TPSA) is 0 Å². The summed E-state index contributed by atoms with van der Waals surface area (Å²) in [4.78, 5) is 0. The second-order valence-electron chi connectivity index (χ2n) is 1.39. The van der Waals surface area contributed by atoms with E-state index < -0.39 is 0 Å². The third-order valence-corrected chi connectivity index (χ3v) is 1.73. The van der Waals surface area contributed by atoms with Crippen molar-refractivity contribution in [1.82, 2.24) is 0 Å². The summed E-state index contributed by atoms with van der Waals surface area (Å²) in [5.41, 5.74) is 1.41. The van der Waals surface area contributed by atoms with Crippen LogP contribution in [0.3, 0.4) is 0 Å². The van der Waals surface area contributed by atoms with E-state index >= 15 is 0 Å². The Balaban J connectivity index is 0.000000360. The maximum absolute atomic E-state index is 2.24. The van der Waals surface area contributed by atoms with Gasteiger partial charge in [-0.2, -0.15) is 0 Å². The first-order chi connectivity index (χ1) is 2.89. The van der Waals surface area contributed by atoms with Gasteiger partial charge in [0.05, 0.1) is 0 Å². The first kappa shape index (κ1) is 7.65. The Hall–Kier alpha value is 0.650. The number of rotatable bonds is 0. The fourth-order valence-corrected chi connectivity index (χ4v) is 1.22. The van der Waals surface area contributed by atoms with E-state index in [1.807, 2.05) is 0 Å². The molecule has 0 amide bonds. The molecule has 0 N–H and O–H groups in total. The molecule has 1 unspecified atom stereocenters. The van der Waals surface area contributed by atoms with Crippen molar-refractivity contribution in [2.24, 2.45) is 0 Å². The molecule has 0 saturated carbocycles. The Bertz CT molecular complexity index is 112. The van der Waals surface area contributed by atoms with Crippen molar-refractivity contribution in [3.8, 4) is 0 Å². The third kappa shape index (κ3) is 2.46. The van der Waals surface area contributed by atoms with E-state index in [0.717, 1.165) is 8.19 Å². The zero-order valence-electron chi connectivity index (χ0n) is 4.31. The van der Waals surface area contributed by atoms with Gasteiger partial charge in [0.15, 0.2) is 0 Å². The average molecular weight is 143 g/mol. The Morgan fingerprint density at radius 3 is 2.43 bits per heavy atom. The van der Waals surface area contributed by atoms with Crippen LogP contribution in [0.15, 0.2) is 17.7 Å². The molecule has 0 fully saturated rings. The molecule has 35 valence electrons.